The molecule has 1 heterocycles. The molecule has 0 bridgehead atoms. The molecule has 5 heteroatoms. The molecule has 0 unspecified atom stereocenters. The predicted molar refractivity (Wildman–Crippen MR) is 78.4 cm³/mol. The van der Waals surface area contributed by atoms with E-state index in [4.69, 9.17) is 0 Å². The highest BCUT2D eigenvalue weighted by atomic mass is 19.1. The Bertz CT molecular complexity index is 537. The lowest BCUT2D eigenvalue weighted by molar-refractivity contribution is -0.126. The van der Waals surface area contributed by atoms with Crippen LogP contribution in [0.15, 0.2) is 18.2 Å². The van der Waals surface area contributed by atoms with Gasteiger partial charge in [-0.1, -0.05) is 0 Å². The van der Waals surface area contributed by atoms with E-state index in [-0.39, 0.29) is 23.5 Å². The summed E-state index contributed by atoms with van der Waals surface area (Å²) in [5, 5.41) is 2.82. The van der Waals surface area contributed by atoms with Crippen molar-refractivity contribution in [2.24, 2.45) is 5.92 Å². The summed E-state index contributed by atoms with van der Waals surface area (Å²) in [4.78, 5) is 26.0. The average Bonchev–Trinajstić information content (AvgIpc) is 2.47. The van der Waals surface area contributed by atoms with E-state index in [1.165, 1.54) is 18.2 Å². The van der Waals surface area contributed by atoms with E-state index < -0.39 is 0 Å². The smallest absolute Gasteiger partial charge is 0.254 e. The van der Waals surface area contributed by atoms with Gasteiger partial charge in [-0.25, -0.2) is 4.39 Å². The van der Waals surface area contributed by atoms with Crippen molar-refractivity contribution in [2.75, 3.05) is 19.6 Å². The third-order valence-corrected chi connectivity index (χ3v) is 3.92. The van der Waals surface area contributed by atoms with E-state index in [1.807, 2.05) is 6.92 Å². The van der Waals surface area contributed by atoms with E-state index >= 15 is 0 Å². The van der Waals surface area contributed by atoms with Crippen LogP contribution in [0.1, 0.15) is 35.7 Å². The highest BCUT2D eigenvalue weighted by Gasteiger charge is 2.27. The number of aryl methyl sites for hydroxylation is 1. The highest BCUT2D eigenvalue weighted by molar-refractivity contribution is 5.95. The Morgan fingerprint density at radius 3 is 2.57 bits per heavy atom. The number of rotatable bonds is 3. The standard InChI is InChI=1S/C16H21FN2O2/c1-3-18-15(20)12-6-8-19(9-7-12)16(21)14-5-4-13(17)10-11(14)2/h4-5,10,12H,3,6-9H2,1-2H3,(H,18,20). The summed E-state index contributed by atoms with van der Waals surface area (Å²) in [6, 6.07) is 4.21. The first-order valence-corrected chi connectivity index (χ1v) is 7.36. The van der Waals surface area contributed by atoms with Crippen molar-refractivity contribution in [3.63, 3.8) is 0 Å². The number of nitrogens with zero attached hydrogens (tertiary/aromatic N) is 1. The summed E-state index contributed by atoms with van der Waals surface area (Å²) in [7, 11) is 0. The molecule has 1 aliphatic heterocycles. The van der Waals surface area contributed by atoms with Gasteiger partial charge in [0.1, 0.15) is 5.82 Å². The molecule has 1 fully saturated rings. The van der Waals surface area contributed by atoms with Gasteiger partial charge in [0, 0.05) is 31.1 Å². The number of piperidine rings is 1. The number of hydrogen-bond donors (Lipinski definition) is 1. The number of benzene rings is 1. The number of carbonyl (C=O) groups excluding carboxylic acids is 2. The van der Waals surface area contributed by atoms with Crippen molar-refractivity contribution in [1.82, 2.24) is 10.2 Å². The Balaban J connectivity index is 1.98. The maximum absolute atomic E-state index is 13.1. The topological polar surface area (TPSA) is 49.4 Å². The lowest BCUT2D eigenvalue weighted by Gasteiger charge is -2.31. The molecule has 4 nitrogen and oxygen atoms in total. The number of likely N-dealkylation sites (tertiary alicyclic amines) is 1. The van der Waals surface area contributed by atoms with Crippen LogP contribution < -0.4 is 5.32 Å². The molecule has 2 rings (SSSR count). The molecule has 1 aliphatic rings. The van der Waals surface area contributed by atoms with E-state index in [0.29, 0.717) is 43.6 Å². The van der Waals surface area contributed by atoms with Gasteiger partial charge in [-0.05, 0) is 50.5 Å². The summed E-state index contributed by atoms with van der Waals surface area (Å²) < 4.78 is 13.1. The average molecular weight is 292 g/mol. The molecule has 21 heavy (non-hydrogen) atoms. The van der Waals surface area contributed by atoms with Crippen molar-refractivity contribution in [2.45, 2.75) is 26.7 Å². The minimum absolute atomic E-state index is 0.0108. The van der Waals surface area contributed by atoms with Crippen LogP contribution in [0.2, 0.25) is 0 Å². The van der Waals surface area contributed by atoms with Gasteiger partial charge in [0.25, 0.3) is 5.91 Å². The van der Waals surface area contributed by atoms with Gasteiger partial charge in [-0.2, -0.15) is 0 Å². The first-order valence-electron chi connectivity index (χ1n) is 7.36. The number of carbonyl (C=O) groups is 2. The minimum atomic E-state index is -0.334. The van der Waals surface area contributed by atoms with E-state index in [1.54, 1.807) is 11.8 Å². The monoisotopic (exact) mass is 292 g/mol. The second kappa shape index (κ2) is 6.70. The summed E-state index contributed by atoms with van der Waals surface area (Å²) in [5.41, 5.74) is 1.18. The number of hydrogen-bond acceptors (Lipinski definition) is 2. The van der Waals surface area contributed by atoms with Gasteiger partial charge >= 0.3 is 0 Å². The Hall–Kier alpha value is -1.91. The largest absolute Gasteiger partial charge is 0.356 e. The second-order valence-corrected chi connectivity index (χ2v) is 5.42. The number of halogens is 1. The first kappa shape index (κ1) is 15.5. The summed E-state index contributed by atoms with van der Waals surface area (Å²) in [5.74, 6) is -0.355. The number of amides is 2. The fourth-order valence-corrected chi connectivity index (χ4v) is 2.70. The van der Waals surface area contributed by atoms with E-state index in [2.05, 4.69) is 5.32 Å². The fourth-order valence-electron chi connectivity index (χ4n) is 2.70. The molecule has 114 valence electrons. The molecule has 0 spiro atoms. The van der Waals surface area contributed by atoms with Gasteiger partial charge < -0.3 is 10.2 Å². The first-order chi connectivity index (χ1) is 10.0. The Kier molecular flexibility index (Phi) is 4.94. The SMILES string of the molecule is CCNC(=O)C1CCN(C(=O)c2ccc(F)cc2C)CC1. The van der Waals surface area contributed by atoms with Crippen LogP contribution in [-0.2, 0) is 4.79 Å². The lowest BCUT2D eigenvalue weighted by Crippen LogP contribution is -2.43. The zero-order valence-corrected chi connectivity index (χ0v) is 12.5. The molecule has 0 atom stereocenters. The fraction of sp³-hybridized carbons (Fsp3) is 0.500. The van der Waals surface area contributed by atoms with E-state index in [0.717, 1.165) is 0 Å². The highest BCUT2D eigenvalue weighted by Crippen LogP contribution is 2.20. The van der Waals surface area contributed by atoms with Gasteiger partial charge in [-0.3, -0.25) is 9.59 Å². The molecular formula is C16H21FN2O2. The van der Waals surface area contributed by atoms with Crippen LogP contribution >= 0.6 is 0 Å². The lowest BCUT2D eigenvalue weighted by atomic mass is 9.95. The molecular weight excluding hydrogens is 271 g/mol. The van der Waals surface area contributed by atoms with Crippen molar-refractivity contribution < 1.29 is 14.0 Å². The van der Waals surface area contributed by atoms with Crippen molar-refractivity contribution in [3.05, 3.63) is 35.1 Å². The molecule has 0 aromatic heterocycles. The molecule has 0 radical (unpaired) electrons. The van der Waals surface area contributed by atoms with Gasteiger partial charge in [0.2, 0.25) is 5.91 Å². The third-order valence-electron chi connectivity index (χ3n) is 3.92. The minimum Gasteiger partial charge on any atom is -0.356 e. The van der Waals surface area contributed by atoms with Crippen molar-refractivity contribution in [1.29, 1.82) is 0 Å². The molecule has 0 aliphatic carbocycles. The normalized spacial score (nSPS) is 15.9. The maximum atomic E-state index is 13.1. The third kappa shape index (κ3) is 3.60. The Morgan fingerprint density at radius 2 is 2.00 bits per heavy atom. The van der Waals surface area contributed by atoms with Crippen LogP contribution in [-0.4, -0.2) is 36.3 Å². The molecule has 2 amide bonds. The Morgan fingerprint density at radius 1 is 1.33 bits per heavy atom. The van der Waals surface area contributed by atoms with Crippen LogP contribution in [0.3, 0.4) is 0 Å². The molecule has 1 aromatic rings. The van der Waals surface area contributed by atoms with Crippen LogP contribution in [0.25, 0.3) is 0 Å². The summed E-state index contributed by atoms with van der Waals surface area (Å²) in [6.07, 6.45) is 1.36. The van der Waals surface area contributed by atoms with Crippen molar-refractivity contribution in [3.8, 4) is 0 Å². The zero-order chi connectivity index (χ0) is 15.4. The quantitative estimate of drug-likeness (QED) is 0.927. The molecule has 1 saturated heterocycles. The molecule has 1 aromatic carbocycles. The van der Waals surface area contributed by atoms with E-state index in [9.17, 15) is 14.0 Å². The van der Waals surface area contributed by atoms with Crippen LogP contribution in [0.5, 0.6) is 0 Å². The zero-order valence-electron chi connectivity index (χ0n) is 12.5. The van der Waals surface area contributed by atoms with Gasteiger partial charge in [0.15, 0.2) is 0 Å². The van der Waals surface area contributed by atoms with Crippen molar-refractivity contribution >= 4 is 11.8 Å². The molecule has 1 N–H and O–H groups in total. The van der Waals surface area contributed by atoms with Crippen LogP contribution in [0, 0.1) is 18.7 Å². The summed E-state index contributed by atoms with van der Waals surface area (Å²) in [6.45, 7) is 5.40. The molecule has 0 saturated carbocycles. The van der Waals surface area contributed by atoms with Gasteiger partial charge in [0.05, 0.1) is 0 Å². The Labute approximate surface area is 124 Å². The van der Waals surface area contributed by atoms with Crippen LogP contribution in [0.4, 0.5) is 4.39 Å². The van der Waals surface area contributed by atoms with Gasteiger partial charge in [-0.15, -0.1) is 0 Å². The second-order valence-electron chi connectivity index (χ2n) is 5.42. The maximum Gasteiger partial charge on any atom is 0.254 e. The predicted octanol–water partition coefficient (Wildman–Crippen LogP) is 2.12. The number of nitrogens with one attached hydrogen (secondary N) is 1. The summed E-state index contributed by atoms with van der Waals surface area (Å²) >= 11 is 0.